The van der Waals surface area contributed by atoms with Gasteiger partial charge in [-0.2, -0.15) is 0 Å². The molecule has 0 aliphatic carbocycles. The van der Waals surface area contributed by atoms with E-state index in [2.05, 4.69) is 4.74 Å². The van der Waals surface area contributed by atoms with E-state index in [1.165, 1.54) is 46.9 Å². The first kappa shape index (κ1) is 17.2. The van der Waals surface area contributed by atoms with Gasteiger partial charge in [0.2, 0.25) is 0 Å². The van der Waals surface area contributed by atoms with Gasteiger partial charge in [-0.3, -0.25) is 0 Å². The van der Waals surface area contributed by atoms with Crippen LogP contribution in [0.15, 0.2) is 36.4 Å². The molecule has 0 fully saturated rings. The molecule has 3 N–H and O–H groups in total. The minimum Gasteiger partial charge on any atom is -0.504 e. The van der Waals surface area contributed by atoms with E-state index in [4.69, 9.17) is 27.9 Å². The van der Waals surface area contributed by atoms with Crippen molar-refractivity contribution in [2.75, 3.05) is 25.1 Å². The summed E-state index contributed by atoms with van der Waals surface area (Å²) >= 11 is 1.38. The van der Waals surface area contributed by atoms with Gasteiger partial charge >= 0.3 is 11.9 Å². The highest BCUT2D eigenvalue weighted by Crippen LogP contribution is 2.26. The third kappa shape index (κ3) is 8.90. The van der Waals surface area contributed by atoms with Crippen LogP contribution in [0.25, 0.3) is 0 Å². The molecule has 0 radical (unpaired) electrons. The predicted molar refractivity (Wildman–Crippen MR) is 116 cm³/mol. The number of methoxy groups -OCH3 is 1. The zero-order valence-corrected chi connectivity index (χ0v) is 17.8. The molecule has 29 heavy (non-hydrogen) atoms. The topological polar surface area (TPSA) is 123 Å². The summed E-state index contributed by atoms with van der Waals surface area (Å²) in [6.07, 6.45) is 0. The van der Waals surface area contributed by atoms with Crippen molar-refractivity contribution in [1.82, 2.24) is 0 Å². The number of carbonyl (C=O) groups is 2. The van der Waals surface area contributed by atoms with Crippen molar-refractivity contribution in [2.45, 2.75) is 13.8 Å². The van der Waals surface area contributed by atoms with Gasteiger partial charge in [0.25, 0.3) is 0 Å². The fourth-order valence-corrected chi connectivity index (χ4v) is 1.81. The van der Waals surface area contributed by atoms with Gasteiger partial charge in [-0.1, -0.05) is 22.6 Å². The Morgan fingerprint density at radius 3 is 1.79 bits per heavy atom. The average molecular weight is 526 g/mol. The van der Waals surface area contributed by atoms with Crippen molar-refractivity contribution in [3.63, 3.8) is 0 Å². The summed E-state index contributed by atoms with van der Waals surface area (Å²) in [6.45, 7) is 3.84. The summed E-state index contributed by atoms with van der Waals surface area (Å²) < 4.78 is 53.3. The molecule has 0 saturated carbocycles. The summed E-state index contributed by atoms with van der Waals surface area (Å²) in [5, 5.41) is 27.5. The lowest BCUT2D eigenvalue weighted by molar-refractivity contribution is 0.0516. The molecule has 0 amide bonds. The van der Waals surface area contributed by atoms with Gasteiger partial charge in [0.15, 0.2) is 23.0 Å². The van der Waals surface area contributed by atoms with E-state index in [0.29, 0.717) is 0 Å². The molecule has 0 unspecified atom stereocenters. The lowest BCUT2D eigenvalue weighted by Gasteiger charge is -2.05. The average Bonchev–Trinajstić information content (AvgIpc) is 2.70. The first-order chi connectivity index (χ1) is 16.0. The Morgan fingerprint density at radius 1 is 0.897 bits per heavy atom. The maximum atomic E-state index is 11.3. The number of phenols is 3. The molecule has 0 aromatic heterocycles. The van der Waals surface area contributed by atoms with Gasteiger partial charge in [-0.05, 0) is 55.1 Å². The highest BCUT2D eigenvalue weighted by molar-refractivity contribution is 14.1. The molecule has 2 rings (SSSR count). The Hall–Kier alpha value is -2.69. The molecule has 160 valence electrons. The van der Waals surface area contributed by atoms with Gasteiger partial charge in [0.05, 0.1) is 35.5 Å². The largest absolute Gasteiger partial charge is 0.504 e. The summed E-state index contributed by atoms with van der Waals surface area (Å²) in [4.78, 5) is 20.6. The van der Waals surface area contributed by atoms with Gasteiger partial charge in [-0.25, -0.2) is 9.59 Å². The Bertz CT molecular complexity index is 973. The van der Waals surface area contributed by atoms with Crippen LogP contribution in [0.3, 0.4) is 0 Å². The molecule has 0 aliphatic rings. The lowest BCUT2D eigenvalue weighted by atomic mass is 10.2. The fraction of sp³-hybridized carbons (Fsp3) is 0.300. The number of phenolic OH excluding ortho intramolecular Hbond substituents is 3. The Morgan fingerprint density at radius 2 is 1.38 bits per heavy atom. The number of alkyl halides is 1. The van der Waals surface area contributed by atoms with Crippen molar-refractivity contribution < 1.29 is 47.3 Å². The number of hydrogen-bond acceptors (Lipinski definition) is 8. The van der Waals surface area contributed by atoms with E-state index in [0.717, 1.165) is 12.1 Å². The van der Waals surface area contributed by atoms with Crippen LogP contribution < -0.4 is 4.74 Å². The maximum absolute atomic E-state index is 11.3. The predicted octanol–water partition coefficient (Wildman–Crippen LogP) is 3.90. The van der Waals surface area contributed by atoms with Crippen LogP contribution in [0.5, 0.6) is 23.0 Å². The molecule has 0 spiro atoms. The van der Waals surface area contributed by atoms with Gasteiger partial charge in [0.1, 0.15) is 0 Å². The van der Waals surface area contributed by atoms with Gasteiger partial charge in [-0.15, -0.1) is 0 Å². The highest BCUT2D eigenvalue weighted by atomic mass is 127. The maximum Gasteiger partial charge on any atom is 0.338 e. The summed E-state index contributed by atoms with van der Waals surface area (Å²) in [5.41, 5.74) is 0.347. The van der Waals surface area contributed by atoms with Gasteiger partial charge < -0.3 is 29.5 Å². The minimum atomic E-state index is -2.65. The van der Waals surface area contributed by atoms with Crippen LogP contribution in [0.2, 0.25) is 0 Å². The second-order valence-corrected chi connectivity index (χ2v) is 4.93. The molecule has 0 saturated heterocycles. The van der Waals surface area contributed by atoms with E-state index < -0.39 is 29.6 Å². The molecule has 0 heterocycles. The molecule has 8 nitrogen and oxygen atoms in total. The fourth-order valence-electron chi connectivity index (χ4n) is 1.81. The van der Waals surface area contributed by atoms with Crippen LogP contribution in [0, 0.1) is 0 Å². The summed E-state index contributed by atoms with van der Waals surface area (Å²) in [5.74, 6) is -2.33. The number of carbonyl (C=O) groups excluding carboxylic acids is 2. The minimum absolute atomic E-state index is 0.127. The molecule has 0 aliphatic heterocycles. The smallest absolute Gasteiger partial charge is 0.338 e. The quantitative estimate of drug-likeness (QED) is 0.232. The monoisotopic (exact) mass is 526 g/mol. The molecular weight excluding hydrogens is 495 g/mol. The van der Waals surface area contributed by atoms with E-state index in [-0.39, 0.29) is 41.6 Å². The third-order valence-electron chi connectivity index (χ3n) is 3.07. The van der Waals surface area contributed by atoms with Crippen molar-refractivity contribution in [3.8, 4) is 23.0 Å². The third-order valence-corrected chi connectivity index (χ3v) is 3.07. The number of halogens is 1. The lowest BCUT2D eigenvalue weighted by Crippen LogP contribution is -2.04. The SMILES string of the molecule is CCOC(=O)c1ccc(O)c(O)c1.[2H]C([2H])([2H])I.[2H]C([2H])([2H])Oc1ccc(C(=O)OCC)cc1O. The van der Waals surface area contributed by atoms with E-state index in [1.54, 1.807) is 13.8 Å². The molecule has 0 bridgehead atoms. The summed E-state index contributed by atoms with van der Waals surface area (Å²) in [6, 6.07) is 7.40. The number of rotatable bonds is 5. The molecule has 0 atom stereocenters. The number of ether oxygens (including phenoxy) is 3. The Kier molecular flexibility index (Phi) is 8.49. The second kappa shape index (κ2) is 14.3. The van der Waals surface area contributed by atoms with E-state index in [9.17, 15) is 14.7 Å². The standard InChI is InChI=1S/C10H12O4.C9H10O4.CH3I/c1-3-14-10(12)7-4-5-9(13-2)8(11)6-7;1-2-13-9(12)6-3-4-7(10)8(11)5-6;1-2/h4-6,11H,3H2,1-2H3;3-5,10-11H,2H2,1H3;1H3/i2D3;;1D3. The van der Waals surface area contributed by atoms with Crippen LogP contribution >= 0.6 is 22.6 Å². The molecular formula is C20H25IO8. The van der Waals surface area contributed by atoms with Crippen molar-refractivity contribution in [1.29, 1.82) is 0 Å². The van der Waals surface area contributed by atoms with Crippen LogP contribution in [-0.2, 0) is 9.47 Å². The first-order valence-electron chi connectivity index (χ1n) is 11.1. The first-order valence-corrected chi connectivity index (χ1v) is 9.13. The number of esters is 2. The normalized spacial score (nSPS) is 13.1. The second-order valence-electron chi connectivity index (χ2n) is 4.93. The van der Waals surface area contributed by atoms with E-state index >= 15 is 0 Å². The van der Waals surface area contributed by atoms with Gasteiger partial charge in [0, 0.05) is 4.11 Å². The summed E-state index contributed by atoms with van der Waals surface area (Å²) in [7, 11) is -2.65. The zero-order chi connectivity index (χ0) is 27.4. The zero-order valence-electron chi connectivity index (χ0n) is 21.6. The van der Waals surface area contributed by atoms with Crippen molar-refractivity contribution in [3.05, 3.63) is 47.5 Å². The number of hydrogen-bond donors (Lipinski definition) is 3. The number of aromatic hydroxyl groups is 3. The molecule has 9 heteroatoms. The van der Waals surface area contributed by atoms with Crippen molar-refractivity contribution in [2.24, 2.45) is 0 Å². The Balaban J connectivity index is 0.000000567. The van der Waals surface area contributed by atoms with Crippen LogP contribution in [0.4, 0.5) is 0 Å². The molecule has 2 aromatic carbocycles. The number of benzene rings is 2. The highest BCUT2D eigenvalue weighted by Gasteiger charge is 2.10. The van der Waals surface area contributed by atoms with Crippen LogP contribution in [0.1, 0.15) is 42.8 Å². The Labute approximate surface area is 191 Å². The van der Waals surface area contributed by atoms with Crippen LogP contribution in [-0.4, -0.2) is 52.4 Å². The molecule has 2 aromatic rings. The van der Waals surface area contributed by atoms with Crippen molar-refractivity contribution >= 4 is 34.5 Å². The van der Waals surface area contributed by atoms with E-state index in [1.807, 2.05) is 0 Å².